The number of carbonyl (C=O) groups excluding carboxylic acids is 2. The van der Waals surface area contributed by atoms with Crippen LogP contribution in [0.4, 0.5) is 0 Å². The van der Waals surface area contributed by atoms with Crippen molar-refractivity contribution in [3.05, 3.63) is 11.6 Å². The van der Waals surface area contributed by atoms with E-state index < -0.39 is 11.9 Å². The third-order valence-electron chi connectivity index (χ3n) is 1.74. The first kappa shape index (κ1) is 11.9. The Morgan fingerprint density at radius 2 is 1.85 bits per heavy atom. The van der Waals surface area contributed by atoms with Gasteiger partial charge in [0.2, 0.25) is 0 Å². The van der Waals surface area contributed by atoms with Gasteiger partial charge in [-0.2, -0.15) is 0 Å². The first-order valence-electron chi connectivity index (χ1n) is 4.20. The van der Waals surface area contributed by atoms with Crippen molar-refractivity contribution >= 4 is 11.8 Å². The molecule has 1 atom stereocenters. The molecule has 0 aromatic carbocycles. The molecule has 0 saturated carbocycles. The van der Waals surface area contributed by atoms with Crippen LogP contribution in [-0.2, 0) is 14.3 Å². The van der Waals surface area contributed by atoms with Crippen LogP contribution < -0.4 is 0 Å². The molecule has 0 aromatic heterocycles. The maximum atomic E-state index is 11.1. The van der Waals surface area contributed by atoms with Crippen molar-refractivity contribution in [3.63, 3.8) is 0 Å². The molecule has 0 saturated heterocycles. The van der Waals surface area contributed by atoms with E-state index in [0.717, 1.165) is 5.57 Å². The van der Waals surface area contributed by atoms with Crippen molar-refractivity contribution in [2.75, 3.05) is 7.11 Å². The van der Waals surface area contributed by atoms with Gasteiger partial charge in [-0.25, -0.2) is 0 Å². The smallest absolute Gasteiger partial charge is 0.316 e. The highest BCUT2D eigenvalue weighted by Gasteiger charge is 2.22. The molecule has 0 bridgehead atoms. The van der Waals surface area contributed by atoms with Gasteiger partial charge in [0.25, 0.3) is 0 Å². The summed E-state index contributed by atoms with van der Waals surface area (Å²) in [4.78, 5) is 22.1. The molecule has 0 fully saturated rings. The Labute approximate surface area is 78.8 Å². The van der Waals surface area contributed by atoms with Crippen molar-refractivity contribution in [1.29, 1.82) is 0 Å². The van der Waals surface area contributed by atoms with Crippen LogP contribution in [0.3, 0.4) is 0 Å². The fourth-order valence-electron chi connectivity index (χ4n) is 0.924. The van der Waals surface area contributed by atoms with Crippen LogP contribution in [0.1, 0.15) is 27.2 Å². The minimum atomic E-state index is -0.639. The van der Waals surface area contributed by atoms with Gasteiger partial charge in [-0.1, -0.05) is 11.6 Å². The van der Waals surface area contributed by atoms with Crippen LogP contribution >= 0.6 is 0 Å². The second-order valence-electron chi connectivity index (χ2n) is 3.20. The van der Waals surface area contributed by atoms with Crippen LogP contribution in [0.5, 0.6) is 0 Å². The van der Waals surface area contributed by atoms with E-state index in [9.17, 15) is 9.59 Å². The molecule has 0 rings (SSSR count). The summed E-state index contributed by atoms with van der Waals surface area (Å²) in [5, 5.41) is 0. The van der Waals surface area contributed by atoms with Gasteiger partial charge >= 0.3 is 5.97 Å². The van der Waals surface area contributed by atoms with Gasteiger partial charge in [-0.3, -0.25) is 9.59 Å². The van der Waals surface area contributed by atoms with E-state index in [1.165, 1.54) is 14.0 Å². The zero-order valence-corrected chi connectivity index (χ0v) is 8.59. The Balaban J connectivity index is 4.36. The van der Waals surface area contributed by atoms with Gasteiger partial charge in [-0.15, -0.1) is 0 Å². The number of ether oxygens (including phenoxy) is 1. The molecule has 0 aromatic rings. The second-order valence-corrected chi connectivity index (χ2v) is 3.20. The third-order valence-corrected chi connectivity index (χ3v) is 1.74. The predicted octanol–water partition coefficient (Wildman–Crippen LogP) is 1.72. The number of hydrogen-bond donors (Lipinski definition) is 0. The van der Waals surface area contributed by atoms with Crippen LogP contribution in [0.25, 0.3) is 0 Å². The summed E-state index contributed by atoms with van der Waals surface area (Å²) in [6, 6.07) is 0. The Bertz CT molecular complexity index is 224. The van der Waals surface area contributed by atoms with Gasteiger partial charge in [0.1, 0.15) is 11.7 Å². The van der Waals surface area contributed by atoms with Gasteiger partial charge in [-0.05, 0) is 27.2 Å². The van der Waals surface area contributed by atoms with E-state index >= 15 is 0 Å². The van der Waals surface area contributed by atoms with Crippen LogP contribution in [0.2, 0.25) is 0 Å². The first-order valence-corrected chi connectivity index (χ1v) is 4.20. The lowest BCUT2D eigenvalue weighted by Gasteiger charge is -2.08. The van der Waals surface area contributed by atoms with E-state index in [4.69, 9.17) is 0 Å². The Hall–Kier alpha value is -1.12. The summed E-state index contributed by atoms with van der Waals surface area (Å²) in [5.41, 5.74) is 1.09. The Morgan fingerprint density at radius 1 is 1.31 bits per heavy atom. The molecule has 0 spiro atoms. The average Bonchev–Trinajstić information content (AvgIpc) is 2.03. The Kier molecular flexibility index (Phi) is 5.04. The third kappa shape index (κ3) is 4.45. The topological polar surface area (TPSA) is 43.4 Å². The average molecular weight is 184 g/mol. The van der Waals surface area contributed by atoms with Gasteiger partial charge in [0, 0.05) is 0 Å². The molecule has 0 amide bonds. The quantitative estimate of drug-likeness (QED) is 0.379. The summed E-state index contributed by atoms with van der Waals surface area (Å²) in [6.07, 6.45) is 2.30. The van der Waals surface area contributed by atoms with E-state index in [0.29, 0.717) is 6.42 Å². The van der Waals surface area contributed by atoms with Crippen molar-refractivity contribution in [1.82, 2.24) is 0 Å². The lowest BCUT2D eigenvalue weighted by molar-refractivity contribution is -0.148. The summed E-state index contributed by atoms with van der Waals surface area (Å²) in [6.45, 7) is 5.25. The van der Waals surface area contributed by atoms with Gasteiger partial charge < -0.3 is 4.74 Å². The number of carbonyl (C=O) groups is 2. The molecule has 0 unspecified atom stereocenters. The van der Waals surface area contributed by atoms with Gasteiger partial charge in [0.15, 0.2) is 0 Å². The number of Topliss-reactive ketones (excluding diaryl/α,β-unsaturated/α-hetero) is 1. The molecule has 0 aliphatic carbocycles. The highest BCUT2D eigenvalue weighted by Crippen LogP contribution is 2.09. The molecule has 3 heteroatoms. The van der Waals surface area contributed by atoms with Crippen molar-refractivity contribution < 1.29 is 14.3 Å². The lowest BCUT2D eigenvalue weighted by Crippen LogP contribution is -2.22. The highest BCUT2D eigenvalue weighted by molar-refractivity contribution is 5.97. The van der Waals surface area contributed by atoms with E-state index in [1.54, 1.807) is 0 Å². The maximum Gasteiger partial charge on any atom is 0.316 e. The molecule has 13 heavy (non-hydrogen) atoms. The lowest BCUT2D eigenvalue weighted by atomic mass is 10.0. The molecule has 0 heterocycles. The molecule has 0 aliphatic rings. The molecular formula is C10H16O3. The zero-order valence-electron chi connectivity index (χ0n) is 8.59. The maximum absolute atomic E-state index is 11.1. The summed E-state index contributed by atoms with van der Waals surface area (Å²) in [5.74, 6) is -1.24. The molecular weight excluding hydrogens is 168 g/mol. The summed E-state index contributed by atoms with van der Waals surface area (Å²) < 4.78 is 4.52. The minimum absolute atomic E-state index is 0.149. The number of ketones is 1. The number of hydrogen-bond acceptors (Lipinski definition) is 3. The number of esters is 1. The van der Waals surface area contributed by atoms with Crippen LogP contribution in [0, 0.1) is 5.92 Å². The Morgan fingerprint density at radius 3 is 2.15 bits per heavy atom. The standard InChI is InChI=1S/C10H16O3/c1-7(2)5-6-9(8(3)11)10(12)13-4/h5,9H,6H2,1-4H3/t9-/m0/s1. The number of methoxy groups -OCH3 is 1. The SMILES string of the molecule is COC(=O)[C@@H](CC=C(C)C)C(C)=O. The molecule has 3 nitrogen and oxygen atoms in total. The number of allylic oxidation sites excluding steroid dienone is 2. The van der Waals surface area contributed by atoms with E-state index in [-0.39, 0.29) is 5.78 Å². The van der Waals surface area contributed by atoms with Crippen molar-refractivity contribution in [3.8, 4) is 0 Å². The summed E-state index contributed by atoms with van der Waals surface area (Å²) >= 11 is 0. The molecule has 0 radical (unpaired) electrons. The number of rotatable bonds is 4. The zero-order chi connectivity index (χ0) is 10.4. The fraction of sp³-hybridized carbons (Fsp3) is 0.600. The molecule has 0 N–H and O–H groups in total. The van der Waals surface area contributed by atoms with E-state index in [2.05, 4.69) is 4.74 Å². The predicted molar refractivity (Wildman–Crippen MR) is 50.2 cm³/mol. The molecule has 0 aliphatic heterocycles. The minimum Gasteiger partial charge on any atom is -0.468 e. The van der Waals surface area contributed by atoms with Gasteiger partial charge in [0.05, 0.1) is 7.11 Å². The summed E-state index contributed by atoms with van der Waals surface area (Å²) in [7, 11) is 1.29. The van der Waals surface area contributed by atoms with Crippen LogP contribution in [0.15, 0.2) is 11.6 Å². The van der Waals surface area contributed by atoms with Crippen LogP contribution in [-0.4, -0.2) is 18.9 Å². The monoisotopic (exact) mass is 184 g/mol. The normalized spacial score (nSPS) is 11.7. The first-order chi connectivity index (χ1) is 5.99. The second kappa shape index (κ2) is 5.51. The van der Waals surface area contributed by atoms with Crippen molar-refractivity contribution in [2.45, 2.75) is 27.2 Å². The van der Waals surface area contributed by atoms with E-state index in [1.807, 2.05) is 19.9 Å². The highest BCUT2D eigenvalue weighted by atomic mass is 16.5. The fourth-order valence-corrected chi connectivity index (χ4v) is 0.924. The largest absolute Gasteiger partial charge is 0.468 e. The van der Waals surface area contributed by atoms with Crippen molar-refractivity contribution in [2.24, 2.45) is 5.92 Å². The molecule has 74 valence electrons.